The molecule has 66 valence electrons. The van der Waals surface area contributed by atoms with E-state index in [1.54, 1.807) is 0 Å². The highest BCUT2D eigenvalue weighted by Gasteiger charge is 2.25. The second-order valence-corrected chi connectivity index (χ2v) is 2.55. The van der Waals surface area contributed by atoms with Gasteiger partial charge in [0.05, 0.1) is 0 Å². The number of hydroxylamine groups is 2. The highest BCUT2D eigenvalue weighted by molar-refractivity contribution is 5.92. The zero-order chi connectivity index (χ0) is 9.14. The molecule has 0 N–H and O–H groups in total. The van der Waals surface area contributed by atoms with Crippen LogP contribution in [0.3, 0.4) is 0 Å². The molecule has 12 heavy (non-hydrogen) atoms. The monoisotopic (exact) mass is 171 g/mol. The van der Waals surface area contributed by atoms with Gasteiger partial charge in [0.15, 0.2) is 5.78 Å². The lowest BCUT2D eigenvalue weighted by molar-refractivity contribution is -0.199. The number of hydrogen-bond donors (Lipinski definition) is 0. The Morgan fingerprint density at radius 1 is 1.42 bits per heavy atom. The Morgan fingerprint density at radius 3 is 2.67 bits per heavy atom. The van der Waals surface area contributed by atoms with Gasteiger partial charge in [-0.25, -0.2) is 0 Å². The van der Waals surface area contributed by atoms with E-state index in [2.05, 4.69) is 4.84 Å². The fourth-order valence-corrected chi connectivity index (χ4v) is 0.937. The first-order valence-corrected chi connectivity index (χ1v) is 3.60. The van der Waals surface area contributed by atoms with E-state index < -0.39 is 5.97 Å². The van der Waals surface area contributed by atoms with E-state index in [0.717, 1.165) is 5.06 Å². The van der Waals surface area contributed by atoms with Crippen molar-refractivity contribution in [3.05, 3.63) is 0 Å². The summed E-state index contributed by atoms with van der Waals surface area (Å²) in [5, 5.41) is 0.814. The molecular formula is C7H9NO4. The van der Waals surface area contributed by atoms with Crippen LogP contribution < -0.4 is 0 Å². The van der Waals surface area contributed by atoms with Gasteiger partial charge < -0.3 is 4.84 Å². The quantitative estimate of drug-likeness (QED) is 0.541. The standard InChI is InChI=1S/C7H9NO4/c1-5(9)12-8-4-6(10)2-3-7(8)11/h2-4H2,1H3. The normalized spacial score (nSPS) is 17.9. The molecule has 0 aromatic carbocycles. The van der Waals surface area contributed by atoms with Crippen LogP contribution in [0.25, 0.3) is 0 Å². The number of rotatable bonds is 1. The average molecular weight is 171 g/mol. The maximum absolute atomic E-state index is 11.0. The van der Waals surface area contributed by atoms with Crippen LogP contribution in [0, 0.1) is 0 Å². The number of piperidine rings is 1. The molecule has 1 heterocycles. The van der Waals surface area contributed by atoms with Crippen LogP contribution in [0.5, 0.6) is 0 Å². The molecule has 0 saturated carbocycles. The molecule has 0 aromatic rings. The number of nitrogens with zero attached hydrogens (tertiary/aromatic N) is 1. The van der Waals surface area contributed by atoms with Gasteiger partial charge in [-0.05, 0) is 0 Å². The van der Waals surface area contributed by atoms with Gasteiger partial charge in [0.1, 0.15) is 6.54 Å². The first kappa shape index (κ1) is 8.70. The van der Waals surface area contributed by atoms with Crippen LogP contribution in [-0.2, 0) is 19.2 Å². The van der Waals surface area contributed by atoms with Crippen LogP contribution in [0.2, 0.25) is 0 Å². The first-order valence-electron chi connectivity index (χ1n) is 3.60. The maximum Gasteiger partial charge on any atom is 0.329 e. The minimum atomic E-state index is -0.585. The number of Topliss-reactive ketones (excluding diaryl/α,β-unsaturated/α-hetero) is 1. The van der Waals surface area contributed by atoms with Crippen molar-refractivity contribution >= 4 is 17.7 Å². The lowest BCUT2D eigenvalue weighted by Gasteiger charge is -2.22. The lowest BCUT2D eigenvalue weighted by atomic mass is 10.1. The largest absolute Gasteiger partial charge is 0.338 e. The molecule has 0 unspecified atom stereocenters. The summed E-state index contributed by atoms with van der Waals surface area (Å²) in [6, 6.07) is 0. The first-order chi connectivity index (χ1) is 5.59. The molecule has 1 amide bonds. The molecule has 1 aliphatic rings. The van der Waals surface area contributed by atoms with Gasteiger partial charge in [-0.1, -0.05) is 0 Å². The predicted octanol–water partition coefficient (Wildman–Crippen LogP) is -0.344. The molecule has 0 bridgehead atoms. The summed E-state index contributed by atoms with van der Waals surface area (Å²) in [6.07, 6.45) is 0.378. The fourth-order valence-electron chi connectivity index (χ4n) is 0.937. The number of hydrogen-bond acceptors (Lipinski definition) is 4. The summed E-state index contributed by atoms with van der Waals surface area (Å²) < 4.78 is 0. The average Bonchev–Trinajstić information content (AvgIpc) is 1.96. The number of carbonyl (C=O) groups is 3. The van der Waals surface area contributed by atoms with Gasteiger partial charge in [-0.2, -0.15) is 5.06 Å². The molecule has 0 aromatic heterocycles. The van der Waals surface area contributed by atoms with Crippen molar-refractivity contribution in [2.75, 3.05) is 6.54 Å². The summed E-state index contributed by atoms with van der Waals surface area (Å²) in [5.41, 5.74) is 0. The molecule has 0 radical (unpaired) electrons. The molecule has 5 nitrogen and oxygen atoms in total. The maximum atomic E-state index is 11.0. The SMILES string of the molecule is CC(=O)ON1CC(=O)CCC1=O. The Labute approximate surface area is 69.2 Å². The van der Waals surface area contributed by atoms with Crippen molar-refractivity contribution in [1.29, 1.82) is 0 Å². The van der Waals surface area contributed by atoms with E-state index in [4.69, 9.17) is 0 Å². The summed E-state index contributed by atoms with van der Waals surface area (Å²) in [7, 11) is 0. The Kier molecular flexibility index (Phi) is 2.42. The van der Waals surface area contributed by atoms with Gasteiger partial charge in [-0.3, -0.25) is 14.4 Å². The zero-order valence-corrected chi connectivity index (χ0v) is 6.70. The third kappa shape index (κ3) is 2.05. The van der Waals surface area contributed by atoms with E-state index in [1.807, 2.05) is 0 Å². The zero-order valence-electron chi connectivity index (χ0n) is 6.70. The molecule has 1 fully saturated rings. The summed E-state index contributed by atoms with van der Waals surface area (Å²) >= 11 is 0. The van der Waals surface area contributed by atoms with Crippen molar-refractivity contribution in [3.8, 4) is 0 Å². The molecule has 1 aliphatic heterocycles. The van der Waals surface area contributed by atoms with Gasteiger partial charge in [0.2, 0.25) is 0 Å². The minimum Gasteiger partial charge on any atom is -0.338 e. The Bertz CT molecular complexity index is 234. The molecule has 0 spiro atoms. The van der Waals surface area contributed by atoms with Crippen molar-refractivity contribution in [3.63, 3.8) is 0 Å². The van der Waals surface area contributed by atoms with E-state index in [1.165, 1.54) is 6.92 Å². The van der Waals surface area contributed by atoms with Gasteiger partial charge in [0, 0.05) is 19.8 Å². The lowest BCUT2D eigenvalue weighted by Crippen LogP contribution is -2.41. The van der Waals surface area contributed by atoms with Crippen molar-refractivity contribution in [2.24, 2.45) is 0 Å². The minimum absolute atomic E-state index is 0.0872. The van der Waals surface area contributed by atoms with Gasteiger partial charge in [-0.15, -0.1) is 0 Å². The topological polar surface area (TPSA) is 63.7 Å². The number of ketones is 1. The Morgan fingerprint density at radius 2 is 2.08 bits per heavy atom. The third-order valence-electron chi connectivity index (χ3n) is 1.45. The highest BCUT2D eigenvalue weighted by Crippen LogP contribution is 2.07. The molecule has 0 atom stereocenters. The molecular weight excluding hydrogens is 162 g/mol. The molecule has 1 rings (SSSR count). The van der Waals surface area contributed by atoms with E-state index in [-0.39, 0.29) is 31.1 Å². The Hall–Kier alpha value is -1.39. The smallest absolute Gasteiger partial charge is 0.329 e. The summed E-state index contributed by atoms with van der Waals surface area (Å²) in [6.45, 7) is 1.07. The van der Waals surface area contributed by atoms with Crippen LogP contribution >= 0.6 is 0 Å². The molecule has 5 heteroatoms. The summed E-state index contributed by atoms with van der Waals surface area (Å²) in [4.78, 5) is 36.7. The van der Waals surface area contributed by atoms with E-state index in [9.17, 15) is 14.4 Å². The number of amides is 1. The molecule has 0 aliphatic carbocycles. The molecule has 1 saturated heterocycles. The van der Waals surface area contributed by atoms with Gasteiger partial charge >= 0.3 is 5.97 Å². The van der Waals surface area contributed by atoms with Gasteiger partial charge in [0.25, 0.3) is 5.91 Å². The van der Waals surface area contributed by atoms with Crippen LogP contribution in [-0.4, -0.2) is 29.3 Å². The van der Waals surface area contributed by atoms with Crippen molar-refractivity contribution in [2.45, 2.75) is 19.8 Å². The second kappa shape index (κ2) is 3.34. The predicted molar refractivity (Wildman–Crippen MR) is 37.7 cm³/mol. The van der Waals surface area contributed by atoms with Crippen molar-refractivity contribution in [1.82, 2.24) is 5.06 Å². The Balaban J connectivity index is 2.55. The van der Waals surface area contributed by atoms with E-state index in [0.29, 0.717) is 0 Å². The van der Waals surface area contributed by atoms with Crippen LogP contribution in [0.4, 0.5) is 0 Å². The van der Waals surface area contributed by atoms with Crippen LogP contribution in [0.15, 0.2) is 0 Å². The van der Waals surface area contributed by atoms with E-state index >= 15 is 0 Å². The van der Waals surface area contributed by atoms with Crippen LogP contribution in [0.1, 0.15) is 19.8 Å². The second-order valence-electron chi connectivity index (χ2n) is 2.55. The van der Waals surface area contributed by atoms with Crippen molar-refractivity contribution < 1.29 is 19.2 Å². The summed E-state index contributed by atoms with van der Waals surface area (Å²) in [5.74, 6) is -0.987. The number of carbonyl (C=O) groups excluding carboxylic acids is 3. The third-order valence-corrected chi connectivity index (χ3v) is 1.45. The fraction of sp³-hybridized carbons (Fsp3) is 0.571. The highest BCUT2D eigenvalue weighted by atomic mass is 16.7.